The lowest BCUT2D eigenvalue weighted by Crippen LogP contribution is -2.03. The van der Waals surface area contributed by atoms with Gasteiger partial charge in [0, 0.05) is 0 Å². The highest BCUT2D eigenvalue weighted by molar-refractivity contribution is 6.30. The summed E-state index contributed by atoms with van der Waals surface area (Å²) in [6.45, 7) is 0. The van der Waals surface area contributed by atoms with Crippen molar-refractivity contribution in [3.8, 4) is 5.75 Å². The van der Waals surface area contributed by atoms with Crippen molar-refractivity contribution in [2.24, 2.45) is 0 Å². The van der Waals surface area contributed by atoms with Gasteiger partial charge in [0.2, 0.25) is 0 Å². The zero-order valence-corrected chi connectivity index (χ0v) is 6.81. The molecule has 1 aromatic rings. The van der Waals surface area contributed by atoms with Gasteiger partial charge < -0.3 is 5.11 Å². The molecule has 0 saturated heterocycles. The fourth-order valence-electron chi connectivity index (χ4n) is 0.856. The highest BCUT2D eigenvalue weighted by Crippen LogP contribution is 2.20. The summed E-state index contributed by atoms with van der Waals surface area (Å²) in [7, 11) is 0. The largest absolute Gasteiger partial charge is 0.507 e. The second-order valence-corrected chi connectivity index (χ2v) is 2.46. The van der Waals surface area contributed by atoms with Gasteiger partial charge in [-0.1, -0.05) is 6.07 Å². The molecule has 0 bridgehead atoms. The van der Waals surface area contributed by atoms with Gasteiger partial charge in [0.1, 0.15) is 11.6 Å². The molecule has 0 radical (unpaired) electrons. The minimum absolute atomic E-state index is 0.339. The van der Waals surface area contributed by atoms with E-state index in [0.717, 1.165) is 6.07 Å². The molecule has 1 rings (SSSR count). The number of Topliss-reactive ketones (excluding diaryl/α,β-unsaturated/α-hetero) is 1. The zero-order chi connectivity index (χ0) is 9.14. The average Bonchev–Trinajstić information content (AvgIpc) is 2.03. The molecule has 0 spiro atoms. The first-order chi connectivity index (χ1) is 5.66. The number of hydrogen-bond donors (Lipinski definition) is 1. The highest BCUT2D eigenvalue weighted by atomic mass is 35.5. The van der Waals surface area contributed by atoms with Gasteiger partial charge in [-0.15, -0.1) is 11.6 Å². The summed E-state index contributed by atoms with van der Waals surface area (Å²) in [5, 5.41) is 9.07. The lowest BCUT2D eigenvalue weighted by molar-refractivity contribution is 0.101. The highest BCUT2D eigenvalue weighted by Gasteiger charge is 2.14. The number of alkyl halides is 1. The van der Waals surface area contributed by atoms with Gasteiger partial charge in [0.05, 0.1) is 11.4 Å². The molecule has 0 heterocycles. The molecule has 0 aliphatic carbocycles. The molecular weight excluding hydrogens is 183 g/mol. The number of ketones is 1. The fraction of sp³-hybridized carbons (Fsp3) is 0.125. The van der Waals surface area contributed by atoms with E-state index in [1.165, 1.54) is 12.1 Å². The van der Waals surface area contributed by atoms with Crippen LogP contribution in [0.5, 0.6) is 5.75 Å². The Morgan fingerprint density at radius 3 is 2.75 bits per heavy atom. The van der Waals surface area contributed by atoms with Crippen LogP contribution in [-0.2, 0) is 0 Å². The molecule has 0 unspecified atom stereocenters. The van der Waals surface area contributed by atoms with Crippen LogP contribution in [-0.4, -0.2) is 16.8 Å². The van der Waals surface area contributed by atoms with Crippen molar-refractivity contribution in [1.29, 1.82) is 0 Å². The maximum atomic E-state index is 12.8. The molecule has 64 valence electrons. The van der Waals surface area contributed by atoms with Gasteiger partial charge in [-0.3, -0.25) is 4.79 Å². The van der Waals surface area contributed by atoms with E-state index in [-0.39, 0.29) is 17.2 Å². The summed E-state index contributed by atoms with van der Waals surface area (Å²) in [4.78, 5) is 10.9. The number of benzene rings is 1. The van der Waals surface area contributed by atoms with Gasteiger partial charge >= 0.3 is 0 Å². The smallest absolute Gasteiger partial charge is 0.184 e. The number of carbonyl (C=O) groups is 1. The Kier molecular flexibility index (Phi) is 2.65. The van der Waals surface area contributed by atoms with Gasteiger partial charge in [-0.25, -0.2) is 4.39 Å². The standard InChI is InChI=1S/C8H6ClFO2/c9-4-7(12)8-5(10)2-1-3-6(8)11/h1-3,11H,4H2. The Morgan fingerprint density at radius 1 is 1.58 bits per heavy atom. The number of phenolic OH excluding ortho intramolecular Hbond substituents is 1. The Morgan fingerprint density at radius 2 is 2.25 bits per heavy atom. The van der Waals surface area contributed by atoms with Crippen molar-refractivity contribution in [3.05, 3.63) is 29.6 Å². The molecule has 0 atom stereocenters. The first kappa shape index (κ1) is 9.00. The Balaban J connectivity index is 3.21. The number of phenols is 1. The number of halogens is 2. The van der Waals surface area contributed by atoms with E-state index in [4.69, 9.17) is 16.7 Å². The van der Waals surface area contributed by atoms with E-state index in [1.807, 2.05) is 0 Å². The molecule has 0 saturated carbocycles. The molecule has 1 N–H and O–H groups in total. The summed E-state index contributed by atoms with van der Waals surface area (Å²) in [5.41, 5.74) is -0.340. The summed E-state index contributed by atoms with van der Waals surface area (Å²) in [6, 6.07) is 3.65. The van der Waals surface area contributed by atoms with Crippen LogP contribution in [0.4, 0.5) is 4.39 Å². The lowest BCUT2D eigenvalue weighted by Gasteiger charge is -2.01. The molecule has 2 nitrogen and oxygen atoms in total. The Bertz CT molecular complexity index is 292. The molecular formula is C8H6ClFO2. The topological polar surface area (TPSA) is 37.3 Å². The Hall–Kier alpha value is -1.09. The normalized spacial score (nSPS) is 9.83. The van der Waals surface area contributed by atoms with Crippen LogP contribution in [0.25, 0.3) is 0 Å². The minimum Gasteiger partial charge on any atom is -0.507 e. The summed E-state index contributed by atoms with van der Waals surface area (Å²) >= 11 is 5.20. The van der Waals surface area contributed by atoms with Gasteiger partial charge in [-0.05, 0) is 12.1 Å². The van der Waals surface area contributed by atoms with Crippen molar-refractivity contribution < 1.29 is 14.3 Å². The van der Waals surface area contributed by atoms with Crippen molar-refractivity contribution in [2.45, 2.75) is 0 Å². The van der Waals surface area contributed by atoms with Crippen LogP contribution >= 0.6 is 11.6 Å². The summed E-state index contributed by atoms with van der Waals surface area (Å²) in [6.07, 6.45) is 0. The van der Waals surface area contributed by atoms with Crippen molar-refractivity contribution in [1.82, 2.24) is 0 Å². The van der Waals surface area contributed by atoms with E-state index in [2.05, 4.69) is 0 Å². The van der Waals surface area contributed by atoms with Crippen LogP contribution in [0.1, 0.15) is 10.4 Å². The maximum Gasteiger partial charge on any atom is 0.184 e. The van der Waals surface area contributed by atoms with Crippen LogP contribution in [0, 0.1) is 5.82 Å². The zero-order valence-electron chi connectivity index (χ0n) is 6.05. The van der Waals surface area contributed by atoms with E-state index in [1.54, 1.807) is 0 Å². The molecule has 0 amide bonds. The minimum atomic E-state index is -0.749. The van der Waals surface area contributed by atoms with E-state index >= 15 is 0 Å². The molecule has 0 aromatic heterocycles. The molecule has 4 heteroatoms. The number of hydrogen-bond acceptors (Lipinski definition) is 2. The third-order valence-corrected chi connectivity index (χ3v) is 1.63. The molecule has 12 heavy (non-hydrogen) atoms. The van der Waals surface area contributed by atoms with Crippen molar-refractivity contribution in [3.63, 3.8) is 0 Å². The molecule has 0 fully saturated rings. The van der Waals surface area contributed by atoms with Crippen LogP contribution in [0.15, 0.2) is 18.2 Å². The number of aromatic hydroxyl groups is 1. The molecule has 0 aliphatic heterocycles. The van der Waals surface area contributed by atoms with Crippen LogP contribution < -0.4 is 0 Å². The first-order valence-corrected chi connectivity index (χ1v) is 3.77. The quantitative estimate of drug-likeness (QED) is 0.569. The van der Waals surface area contributed by atoms with Crippen LogP contribution in [0.2, 0.25) is 0 Å². The number of carbonyl (C=O) groups excluding carboxylic acids is 1. The predicted octanol–water partition coefficient (Wildman–Crippen LogP) is 1.95. The van der Waals surface area contributed by atoms with E-state index < -0.39 is 11.6 Å². The van der Waals surface area contributed by atoms with Gasteiger partial charge in [-0.2, -0.15) is 0 Å². The third-order valence-electron chi connectivity index (χ3n) is 1.39. The van der Waals surface area contributed by atoms with Crippen LogP contribution in [0.3, 0.4) is 0 Å². The summed E-state index contributed by atoms with van der Waals surface area (Å²) < 4.78 is 12.8. The predicted molar refractivity (Wildman–Crippen MR) is 43.1 cm³/mol. The molecule has 0 aliphatic rings. The fourth-order valence-corrected chi connectivity index (χ4v) is 0.989. The lowest BCUT2D eigenvalue weighted by atomic mass is 10.1. The third kappa shape index (κ3) is 1.56. The SMILES string of the molecule is O=C(CCl)c1c(O)cccc1F. The van der Waals surface area contributed by atoms with Gasteiger partial charge in [0.25, 0.3) is 0 Å². The Labute approximate surface area is 73.6 Å². The average molecular weight is 189 g/mol. The first-order valence-electron chi connectivity index (χ1n) is 3.23. The molecule has 1 aromatic carbocycles. The number of rotatable bonds is 2. The van der Waals surface area contributed by atoms with E-state index in [0.29, 0.717) is 0 Å². The van der Waals surface area contributed by atoms with Crippen molar-refractivity contribution >= 4 is 17.4 Å². The second kappa shape index (κ2) is 3.54. The van der Waals surface area contributed by atoms with Gasteiger partial charge in [0.15, 0.2) is 5.78 Å². The second-order valence-electron chi connectivity index (χ2n) is 2.19. The van der Waals surface area contributed by atoms with Crippen molar-refractivity contribution in [2.75, 3.05) is 5.88 Å². The monoisotopic (exact) mass is 188 g/mol. The summed E-state index contributed by atoms with van der Waals surface area (Å²) in [5.74, 6) is -2.08. The maximum absolute atomic E-state index is 12.8. The van der Waals surface area contributed by atoms with E-state index in [9.17, 15) is 9.18 Å².